The molecule has 0 fully saturated rings. The summed E-state index contributed by atoms with van der Waals surface area (Å²) in [5.41, 5.74) is 6.30. The molecule has 1 amide bonds. The highest BCUT2D eigenvalue weighted by atomic mass is 79.9. The van der Waals surface area contributed by atoms with Gasteiger partial charge in [-0.1, -0.05) is 0 Å². The van der Waals surface area contributed by atoms with E-state index in [1.54, 1.807) is 12.1 Å². The highest BCUT2D eigenvalue weighted by Gasteiger charge is 2.05. The highest BCUT2D eigenvalue weighted by molar-refractivity contribution is 9.10. The maximum Gasteiger partial charge on any atom is 0.230 e. The van der Waals surface area contributed by atoms with Gasteiger partial charge in [0.05, 0.1) is 18.2 Å². The molecule has 0 heterocycles. The van der Waals surface area contributed by atoms with E-state index < -0.39 is 0 Å². The third kappa shape index (κ3) is 5.11. The molecule has 0 saturated carbocycles. The number of hydrogen-bond acceptors (Lipinski definition) is 4. The Morgan fingerprint density at radius 2 is 2.35 bits per heavy atom. The fraction of sp³-hybridized carbons (Fsp3) is 0.273. The lowest BCUT2D eigenvalue weighted by molar-refractivity contribution is -0.118. The molecule has 1 aromatic rings. The number of nitrogens with two attached hydrogens (primary N) is 1. The lowest BCUT2D eigenvalue weighted by atomic mass is 10.3. The molecule has 0 radical (unpaired) electrons. The zero-order chi connectivity index (χ0) is 12.7. The Hall–Kier alpha value is -1.19. The first-order valence-electron chi connectivity index (χ1n) is 4.95. The molecule has 1 aromatic carbocycles. The standard InChI is InChI=1S/C11H12BrN3OS/c12-9-6-8(14)2-3-10(9)17-7-11(16)15-5-1-4-13/h2-3,6H,1,5,7,14H2,(H,15,16). The molecule has 0 aliphatic carbocycles. The summed E-state index contributed by atoms with van der Waals surface area (Å²) in [5, 5.41) is 11.0. The number of nitrogens with one attached hydrogen (secondary N) is 1. The second kappa shape index (κ2) is 7.20. The Balaban J connectivity index is 2.40. The van der Waals surface area contributed by atoms with Gasteiger partial charge in [0.2, 0.25) is 5.91 Å². The van der Waals surface area contributed by atoms with Gasteiger partial charge >= 0.3 is 0 Å². The maximum absolute atomic E-state index is 11.4. The molecular formula is C11H12BrN3OS. The van der Waals surface area contributed by atoms with Gasteiger partial charge in [-0.2, -0.15) is 5.26 Å². The molecule has 0 saturated heterocycles. The van der Waals surface area contributed by atoms with Crippen LogP contribution in [0.2, 0.25) is 0 Å². The monoisotopic (exact) mass is 313 g/mol. The summed E-state index contributed by atoms with van der Waals surface area (Å²) in [6.45, 7) is 0.402. The van der Waals surface area contributed by atoms with Gasteiger partial charge in [0.1, 0.15) is 0 Å². The number of nitriles is 1. The van der Waals surface area contributed by atoms with Crippen LogP contribution < -0.4 is 11.1 Å². The quantitative estimate of drug-likeness (QED) is 0.496. The first-order chi connectivity index (χ1) is 8.13. The van der Waals surface area contributed by atoms with E-state index in [1.807, 2.05) is 12.1 Å². The number of nitrogens with zero attached hydrogens (tertiary/aromatic N) is 1. The number of thioether (sulfide) groups is 1. The Labute approximate surface area is 113 Å². The minimum atomic E-state index is -0.0750. The van der Waals surface area contributed by atoms with Gasteiger partial charge in [-0.3, -0.25) is 4.79 Å². The summed E-state index contributed by atoms with van der Waals surface area (Å²) >= 11 is 4.81. The van der Waals surface area contributed by atoms with Gasteiger partial charge in [0, 0.05) is 21.6 Å². The molecule has 0 aromatic heterocycles. The molecule has 4 nitrogen and oxygen atoms in total. The molecule has 0 aliphatic heterocycles. The van der Waals surface area contributed by atoms with Crippen molar-refractivity contribution in [2.75, 3.05) is 18.0 Å². The van der Waals surface area contributed by atoms with E-state index in [9.17, 15) is 4.79 Å². The smallest absolute Gasteiger partial charge is 0.230 e. The Bertz CT molecular complexity index is 445. The second-order valence-electron chi connectivity index (χ2n) is 3.24. The number of benzene rings is 1. The van der Waals surface area contributed by atoms with E-state index in [-0.39, 0.29) is 5.91 Å². The van der Waals surface area contributed by atoms with Crippen molar-refractivity contribution in [1.82, 2.24) is 5.32 Å². The van der Waals surface area contributed by atoms with Crippen LogP contribution in [0.15, 0.2) is 27.6 Å². The Kier molecular flexibility index (Phi) is 5.87. The van der Waals surface area contributed by atoms with Gasteiger partial charge in [-0.25, -0.2) is 0 Å². The molecule has 17 heavy (non-hydrogen) atoms. The van der Waals surface area contributed by atoms with Crippen molar-refractivity contribution in [3.63, 3.8) is 0 Å². The van der Waals surface area contributed by atoms with E-state index in [4.69, 9.17) is 11.0 Å². The number of carbonyl (C=O) groups is 1. The summed E-state index contributed by atoms with van der Waals surface area (Å²) in [4.78, 5) is 12.4. The molecule has 3 N–H and O–H groups in total. The van der Waals surface area contributed by atoms with Gasteiger partial charge in [0.25, 0.3) is 0 Å². The molecule has 0 atom stereocenters. The number of halogens is 1. The van der Waals surface area contributed by atoms with Crippen LogP contribution in [0.5, 0.6) is 0 Å². The van der Waals surface area contributed by atoms with Crippen LogP contribution in [0.4, 0.5) is 5.69 Å². The van der Waals surface area contributed by atoms with E-state index in [2.05, 4.69) is 21.2 Å². The molecular weight excluding hydrogens is 302 g/mol. The summed E-state index contributed by atoms with van der Waals surface area (Å²) in [6, 6.07) is 7.43. The lowest BCUT2D eigenvalue weighted by Crippen LogP contribution is -2.25. The SMILES string of the molecule is N#CCCNC(=O)CSc1ccc(N)cc1Br. The minimum Gasteiger partial charge on any atom is -0.399 e. The predicted molar refractivity (Wildman–Crippen MR) is 72.5 cm³/mol. The van der Waals surface area contributed by atoms with Crippen molar-refractivity contribution < 1.29 is 4.79 Å². The number of amides is 1. The maximum atomic E-state index is 11.4. The van der Waals surface area contributed by atoms with Crippen molar-refractivity contribution in [3.05, 3.63) is 22.7 Å². The van der Waals surface area contributed by atoms with Crippen LogP contribution in [0.3, 0.4) is 0 Å². The van der Waals surface area contributed by atoms with Crippen LogP contribution in [0, 0.1) is 11.3 Å². The van der Waals surface area contributed by atoms with Gasteiger partial charge in [0.15, 0.2) is 0 Å². The highest BCUT2D eigenvalue weighted by Crippen LogP contribution is 2.28. The van der Waals surface area contributed by atoms with Crippen molar-refractivity contribution in [3.8, 4) is 6.07 Å². The Morgan fingerprint density at radius 3 is 3.00 bits per heavy atom. The predicted octanol–water partition coefficient (Wildman–Crippen LogP) is 2.15. The molecule has 0 unspecified atom stereocenters. The van der Waals surface area contributed by atoms with Gasteiger partial charge < -0.3 is 11.1 Å². The van der Waals surface area contributed by atoms with Crippen LogP contribution in [-0.2, 0) is 4.79 Å². The van der Waals surface area contributed by atoms with Crippen molar-refractivity contribution in [1.29, 1.82) is 5.26 Å². The number of hydrogen-bond donors (Lipinski definition) is 2. The number of nitrogen functional groups attached to an aromatic ring is 1. The van der Waals surface area contributed by atoms with Gasteiger partial charge in [-0.15, -0.1) is 11.8 Å². The molecule has 0 bridgehead atoms. The summed E-state index contributed by atoms with van der Waals surface area (Å²) in [6.07, 6.45) is 0.335. The summed E-state index contributed by atoms with van der Waals surface area (Å²) < 4.78 is 0.882. The molecule has 1 rings (SSSR count). The Morgan fingerprint density at radius 1 is 1.59 bits per heavy atom. The topological polar surface area (TPSA) is 78.9 Å². The van der Waals surface area contributed by atoms with Gasteiger partial charge in [-0.05, 0) is 34.1 Å². The van der Waals surface area contributed by atoms with E-state index in [0.29, 0.717) is 24.4 Å². The summed E-state index contributed by atoms with van der Waals surface area (Å²) in [7, 11) is 0. The number of rotatable bonds is 5. The van der Waals surface area contributed by atoms with Crippen LogP contribution in [-0.4, -0.2) is 18.2 Å². The second-order valence-corrected chi connectivity index (χ2v) is 5.11. The molecule has 0 aliphatic rings. The van der Waals surface area contributed by atoms with Crippen LogP contribution in [0.25, 0.3) is 0 Å². The third-order valence-corrected chi connectivity index (χ3v) is 3.87. The first-order valence-corrected chi connectivity index (χ1v) is 6.73. The normalized spacial score (nSPS) is 9.65. The fourth-order valence-electron chi connectivity index (χ4n) is 1.09. The zero-order valence-corrected chi connectivity index (χ0v) is 11.5. The van der Waals surface area contributed by atoms with E-state index in [0.717, 1.165) is 9.37 Å². The molecule has 6 heteroatoms. The lowest BCUT2D eigenvalue weighted by Gasteiger charge is -2.05. The minimum absolute atomic E-state index is 0.0750. The average Bonchev–Trinajstić information content (AvgIpc) is 2.28. The first kappa shape index (κ1) is 13.9. The molecule has 0 spiro atoms. The number of anilines is 1. The fourth-order valence-corrected chi connectivity index (χ4v) is 2.58. The third-order valence-electron chi connectivity index (χ3n) is 1.87. The average molecular weight is 314 g/mol. The van der Waals surface area contributed by atoms with Crippen LogP contribution >= 0.6 is 27.7 Å². The molecule has 90 valence electrons. The number of carbonyl (C=O) groups excluding carboxylic acids is 1. The van der Waals surface area contributed by atoms with Crippen molar-refractivity contribution >= 4 is 39.3 Å². The van der Waals surface area contributed by atoms with Crippen molar-refractivity contribution in [2.24, 2.45) is 0 Å². The largest absolute Gasteiger partial charge is 0.399 e. The van der Waals surface area contributed by atoms with Crippen molar-refractivity contribution in [2.45, 2.75) is 11.3 Å². The van der Waals surface area contributed by atoms with E-state index in [1.165, 1.54) is 11.8 Å². The van der Waals surface area contributed by atoms with Crippen LogP contribution in [0.1, 0.15) is 6.42 Å². The van der Waals surface area contributed by atoms with E-state index >= 15 is 0 Å². The zero-order valence-electron chi connectivity index (χ0n) is 9.07. The summed E-state index contributed by atoms with van der Waals surface area (Å²) in [5.74, 6) is 0.252.